The summed E-state index contributed by atoms with van der Waals surface area (Å²) >= 11 is 0. The molecule has 2 heterocycles. The molecule has 3 amide bonds. The first-order valence-electron chi connectivity index (χ1n) is 15.3. The second kappa shape index (κ2) is 15.4. The SMILES string of the molecule is C#CCOC(=O)N1CCN(C(=O)[C@H](CCC(=O)OC(C)(C)C)NC(=O)c2cc(OC3CCCC3)nc(-c3ccccc3)n2)CC1. The largest absolute Gasteiger partial charge is 0.474 e. The van der Waals surface area contributed by atoms with Gasteiger partial charge in [0.15, 0.2) is 12.4 Å². The van der Waals surface area contributed by atoms with E-state index in [-0.39, 0.29) is 69.2 Å². The van der Waals surface area contributed by atoms with Gasteiger partial charge in [-0.15, -0.1) is 6.42 Å². The Morgan fingerprint density at radius 3 is 2.33 bits per heavy atom. The van der Waals surface area contributed by atoms with Crippen LogP contribution < -0.4 is 10.1 Å². The molecule has 0 unspecified atom stereocenters. The Morgan fingerprint density at radius 2 is 1.69 bits per heavy atom. The van der Waals surface area contributed by atoms with Crippen molar-refractivity contribution in [1.82, 2.24) is 25.1 Å². The molecule has 1 saturated carbocycles. The van der Waals surface area contributed by atoms with E-state index in [1.807, 2.05) is 30.3 Å². The van der Waals surface area contributed by atoms with E-state index in [9.17, 15) is 19.2 Å². The van der Waals surface area contributed by atoms with Gasteiger partial charge in [0.1, 0.15) is 23.4 Å². The van der Waals surface area contributed by atoms with Gasteiger partial charge >= 0.3 is 12.1 Å². The highest BCUT2D eigenvalue weighted by Crippen LogP contribution is 2.25. The van der Waals surface area contributed by atoms with E-state index < -0.39 is 29.6 Å². The molecule has 12 heteroatoms. The Balaban J connectivity index is 1.53. The van der Waals surface area contributed by atoms with Crippen molar-refractivity contribution < 1.29 is 33.4 Å². The Hall–Kier alpha value is -4.66. The van der Waals surface area contributed by atoms with E-state index in [4.69, 9.17) is 20.6 Å². The van der Waals surface area contributed by atoms with E-state index in [2.05, 4.69) is 21.2 Å². The van der Waals surface area contributed by atoms with Crippen molar-refractivity contribution in [2.45, 2.75) is 77.0 Å². The van der Waals surface area contributed by atoms with Gasteiger partial charge in [-0.1, -0.05) is 36.3 Å². The molecule has 240 valence electrons. The molecule has 1 aliphatic heterocycles. The Bertz CT molecular complexity index is 1390. The molecule has 4 rings (SSSR count). The van der Waals surface area contributed by atoms with Crippen LogP contribution in [0.1, 0.15) is 69.8 Å². The number of carbonyl (C=O) groups is 4. The molecule has 1 N–H and O–H groups in total. The predicted molar refractivity (Wildman–Crippen MR) is 165 cm³/mol. The van der Waals surface area contributed by atoms with Crippen molar-refractivity contribution in [3.63, 3.8) is 0 Å². The minimum atomic E-state index is -1.06. The number of esters is 1. The standard InChI is InChI=1S/C33H41N5O7/c1-5-21-43-32(42)38-19-17-37(18-20-38)31(41)25(15-16-28(39)45-33(2,3)4)35-30(40)26-22-27(44-24-13-9-10-14-24)36-29(34-26)23-11-7-6-8-12-23/h1,6-8,11-12,22,24-25H,9-10,13-21H2,2-4H3,(H,35,40)/t25-/m0/s1. The highest BCUT2D eigenvalue weighted by molar-refractivity contribution is 5.97. The summed E-state index contributed by atoms with van der Waals surface area (Å²) in [5, 5.41) is 2.80. The molecule has 1 aromatic carbocycles. The zero-order chi connectivity index (χ0) is 32.4. The molecule has 2 aliphatic rings. The van der Waals surface area contributed by atoms with E-state index in [0.29, 0.717) is 11.4 Å². The fourth-order valence-corrected chi connectivity index (χ4v) is 5.16. The molecule has 1 atom stereocenters. The molecule has 0 spiro atoms. The lowest BCUT2D eigenvalue weighted by Crippen LogP contribution is -2.56. The van der Waals surface area contributed by atoms with E-state index >= 15 is 0 Å². The Labute approximate surface area is 263 Å². The van der Waals surface area contributed by atoms with Gasteiger partial charge in [0.2, 0.25) is 11.8 Å². The predicted octanol–water partition coefficient (Wildman–Crippen LogP) is 3.60. The number of amides is 3. The number of ether oxygens (including phenoxy) is 3. The average molecular weight is 620 g/mol. The molecule has 2 fully saturated rings. The first kappa shape index (κ1) is 33.2. The number of nitrogens with one attached hydrogen (secondary N) is 1. The topological polar surface area (TPSA) is 140 Å². The summed E-state index contributed by atoms with van der Waals surface area (Å²) in [5.74, 6) is 1.37. The number of benzene rings is 1. The van der Waals surface area contributed by atoms with E-state index in [0.717, 1.165) is 25.7 Å². The Kier molecular flexibility index (Phi) is 11.4. The summed E-state index contributed by atoms with van der Waals surface area (Å²) in [6.07, 6.45) is 8.47. The van der Waals surface area contributed by atoms with Crippen LogP contribution in [0.3, 0.4) is 0 Å². The second-order valence-corrected chi connectivity index (χ2v) is 12.0. The maximum absolute atomic E-state index is 13.7. The van der Waals surface area contributed by atoms with Crippen molar-refractivity contribution in [3.05, 3.63) is 42.1 Å². The second-order valence-electron chi connectivity index (χ2n) is 12.0. The van der Waals surface area contributed by atoms with Gasteiger partial charge in [0, 0.05) is 44.2 Å². The van der Waals surface area contributed by atoms with Crippen molar-refractivity contribution >= 4 is 23.9 Å². The number of piperazine rings is 1. The van der Waals surface area contributed by atoms with Gasteiger partial charge < -0.3 is 29.3 Å². The molecule has 1 aliphatic carbocycles. The van der Waals surface area contributed by atoms with Gasteiger partial charge in [0.05, 0.1) is 0 Å². The van der Waals surface area contributed by atoms with Crippen molar-refractivity contribution in [2.24, 2.45) is 0 Å². The Morgan fingerprint density at radius 1 is 1.02 bits per heavy atom. The van der Waals surface area contributed by atoms with Gasteiger partial charge in [0.25, 0.3) is 5.91 Å². The molecular formula is C33H41N5O7. The third-order valence-corrected chi connectivity index (χ3v) is 7.35. The summed E-state index contributed by atoms with van der Waals surface area (Å²) in [5.41, 5.74) is 0.0435. The number of hydrogen-bond acceptors (Lipinski definition) is 9. The number of hydrogen-bond donors (Lipinski definition) is 1. The van der Waals surface area contributed by atoms with Crippen LogP contribution in [0.4, 0.5) is 4.79 Å². The van der Waals surface area contributed by atoms with Crippen LogP contribution in [-0.2, 0) is 19.1 Å². The lowest BCUT2D eigenvalue weighted by molar-refractivity contribution is -0.155. The summed E-state index contributed by atoms with van der Waals surface area (Å²) < 4.78 is 16.6. The smallest absolute Gasteiger partial charge is 0.410 e. The van der Waals surface area contributed by atoms with Gasteiger partial charge in [-0.05, 0) is 52.9 Å². The fraction of sp³-hybridized carbons (Fsp3) is 0.515. The molecular weight excluding hydrogens is 578 g/mol. The zero-order valence-electron chi connectivity index (χ0n) is 26.1. The summed E-state index contributed by atoms with van der Waals surface area (Å²) in [6, 6.07) is 9.68. The first-order valence-corrected chi connectivity index (χ1v) is 15.3. The maximum atomic E-state index is 13.7. The number of carbonyl (C=O) groups excluding carboxylic acids is 4. The molecule has 2 aromatic rings. The quantitative estimate of drug-likeness (QED) is 0.312. The van der Waals surface area contributed by atoms with Crippen LogP contribution in [0.25, 0.3) is 11.4 Å². The normalized spacial score (nSPS) is 16.0. The number of nitrogens with zero attached hydrogens (tertiary/aromatic N) is 4. The van der Waals surface area contributed by atoms with Crippen molar-refractivity contribution in [3.8, 4) is 29.6 Å². The average Bonchev–Trinajstić information content (AvgIpc) is 3.54. The maximum Gasteiger partial charge on any atom is 0.410 e. The molecule has 0 radical (unpaired) electrons. The molecule has 1 aromatic heterocycles. The third kappa shape index (κ3) is 9.93. The first-order chi connectivity index (χ1) is 21.5. The number of terminal acetylenes is 1. The van der Waals surface area contributed by atoms with Crippen molar-refractivity contribution in [2.75, 3.05) is 32.8 Å². The number of aromatic nitrogens is 2. The molecule has 1 saturated heterocycles. The van der Waals surface area contributed by atoms with Crippen LogP contribution in [0, 0.1) is 12.3 Å². The molecule has 45 heavy (non-hydrogen) atoms. The summed E-state index contributed by atoms with van der Waals surface area (Å²) in [4.78, 5) is 64.3. The van der Waals surface area contributed by atoms with Gasteiger partial charge in [-0.2, -0.15) is 4.98 Å². The van der Waals surface area contributed by atoms with E-state index in [1.165, 1.54) is 11.0 Å². The molecule has 0 bridgehead atoms. The monoisotopic (exact) mass is 619 g/mol. The third-order valence-electron chi connectivity index (χ3n) is 7.35. The van der Waals surface area contributed by atoms with Crippen LogP contribution >= 0.6 is 0 Å². The molecule has 12 nitrogen and oxygen atoms in total. The lowest BCUT2D eigenvalue weighted by Gasteiger charge is -2.36. The summed E-state index contributed by atoms with van der Waals surface area (Å²) in [6.45, 7) is 6.03. The minimum absolute atomic E-state index is 0.00473. The summed E-state index contributed by atoms with van der Waals surface area (Å²) in [7, 11) is 0. The van der Waals surface area contributed by atoms with Crippen LogP contribution in [0.5, 0.6) is 5.88 Å². The van der Waals surface area contributed by atoms with Crippen LogP contribution in [0.15, 0.2) is 36.4 Å². The number of rotatable bonds is 10. The lowest BCUT2D eigenvalue weighted by atomic mass is 10.1. The van der Waals surface area contributed by atoms with Gasteiger partial charge in [-0.3, -0.25) is 14.4 Å². The highest BCUT2D eigenvalue weighted by Gasteiger charge is 2.32. The van der Waals surface area contributed by atoms with Crippen molar-refractivity contribution in [1.29, 1.82) is 0 Å². The zero-order valence-corrected chi connectivity index (χ0v) is 26.1. The van der Waals surface area contributed by atoms with Crippen LogP contribution in [0.2, 0.25) is 0 Å². The minimum Gasteiger partial charge on any atom is -0.474 e. The van der Waals surface area contributed by atoms with Crippen LogP contribution in [-0.4, -0.2) is 94.2 Å². The van der Waals surface area contributed by atoms with Gasteiger partial charge in [-0.25, -0.2) is 9.78 Å². The fourth-order valence-electron chi connectivity index (χ4n) is 5.16. The highest BCUT2D eigenvalue weighted by atomic mass is 16.6. The van der Waals surface area contributed by atoms with E-state index in [1.54, 1.807) is 25.7 Å².